The average Bonchev–Trinajstić information content (AvgIpc) is 3.05. The summed E-state index contributed by atoms with van der Waals surface area (Å²) in [5.41, 5.74) is 2.93. The number of pyridine rings is 1. The normalized spacial score (nSPS) is 18.4. The molecule has 0 saturated carbocycles. The second-order valence-corrected chi connectivity index (χ2v) is 8.10. The fraction of sp³-hybridized carbons (Fsp3) is 0.478. The van der Waals surface area contributed by atoms with Crippen LogP contribution in [-0.2, 0) is 0 Å². The lowest BCUT2D eigenvalue weighted by Crippen LogP contribution is -2.44. The molecule has 1 aromatic carbocycles. The molecule has 29 heavy (non-hydrogen) atoms. The van der Waals surface area contributed by atoms with E-state index in [4.69, 9.17) is 0 Å². The van der Waals surface area contributed by atoms with E-state index < -0.39 is 0 Å². The molecule has 2 aliphatic heterocycles. The Morgan fingerprint density at radius 3 is 2.17 bits per heavy atom. The summed E-state index contributed by atoms with van der Waals surface area (Å²) in [4.78, 5) is 23.9. The average molecular weight is 394 g/mol. The van der Waals surface area contributed by atoms with Crippen LogP contribution in [0.4, 0.5) is 17.2 Å². The molecule has 0 radical (unpaired) electrons. The maximum Gasteiger partial charge on any atom is 0.255 e. The van der Waals surface area contributed by atoms with Crippen molar-refractivity contribution in [1.82, 2.24) is 14.8 Å². The number of piperazine rings is 1. The van der Waals surface area contributed by atoms with Crippen LogP contribution in [0.25, 0.3) is 0 Å². The zero-order chi connectivity index (χ0) is 20.1. The monoisotopic (exact) mass is 393 g/mol. The highest BCUT2D eigenvalue weighted by atomic mass is 16.2. The van der Waals surface area contributed by atoms with E-state index in [9.17, 15) is 4.79 Å². The third-order valence-corrected chi connectivity index (χ3v) is 5.91. The van der Waals surface area contributed by atoms with Gasteiger partial charge in [-0.25, -0.2) is 4.98 Å². The topological polar surface area (TPSA) is 51.7 Å². The van der Waals surface area contributed by atoms with Gasteiger partial charge in [0.05, 0.1) is 5.56 Å². The molecule has 1 N–H and O–H groups in total. The van der Waals surface area contributed by atoms with E-state index >= 15 is 0 Å². The summed E-state index contributed by atoms with van der Waals surface area (Å²) in [5.74, 6) is 0.854. The Morgan fingerprint density at radius 1 is 0.862 bits per heavy atom. The molecule has 2 fully saturated rings. The lowest BCUT2D eigenvalue weighted by atomic mass is 10.2. The zero-order valence-corrected chi connectivity index (χ0v) is 17.3. The Balaban J connectivity index is 1.35. The number of nitrogens with zero attached hydrogens (tertiary/aromatic N) is 4. The van der Waals surface area contributed by atoms with Crippen LogP contribution in [-0.4, -0.2) is 67.0 Å². The molecule has 1 amide bonds. The number of nitrogens with one attached hydrogen (secondary N) is 1. The second-order valence-electron chi connectivity index (χ2n) is 8.10. The molecule has 2 saturated heterocycles. The second kappa shape index (κ2) is 9.27. The van der Waals surface area contributed by atoms with Gasteiger partial charge in [-0.3, -0.25) is 4.79 Å². The maximum atomic E-state index is 12.7. The first kappa shape index (κ1) is 19.7. The van der Waals surface area contributed by atoms with Gasteiger partial charge in [0, 0.05) is 56.8 Å². The van der Waals surface area contributed by atoms with Gasteiger partial charge in [-0.15, -0.1) is 0 Å². The summed E-state index contributed by atoms with van der Waals surface area (Å²) in [6.07, 6.45) is 6.33. The molecule has 0 atom stereocenters. The number of hydrogen-bond acceptors (Lipinski definition) is 5. The van der Waals surface area contributed by atoms with E-state index in [1.165, 1.54) is 18.5 Å². The summed E-state index contributed by atoms with van der Waals surface area (Å²) >= 11 is 0. The van der Waals surface area contributed by atoms with Crippen LogP contribution in [0.15, 0.2) is 42.6 Å². The molecule has 4 rings (SSSR count). The first-order valence-corrected chi connectivity index (χ1v) is 10.7. The number of anilines is 3. The van der Waals surface area contributed by atoms with Crippen LogP contribution < -0.4 is 10.2 Å². The minimum atomic E-state index is 0.0995. The Kier molecular flexibility index (Phi) is 6.30. The Bertz CT molecular complexity index is 789. The molecule has 2 aromatic rings. The molecular formula is C23H31N5O. The van der Waals surface area contributed by atoms with Gasteiger partial charge in [-0.1, -0.05) is 12.8 Å². The molecule has 0 aliphatic carbocycles. The van der Waals surface area contributed by atoms with Gasteiger partial charge in [0.15, 0.2) is 0 Å². The van der Waals surface area contributed by atoms with Crippen molar-refractivity contribution in [1.29, 1.82) is 0 Å². The van der Waals surface area contributed by atoms with Crippen molar-refractivity contribution in [2.24, 2.45) is 0 Å². The van der Waals surface area contributed by atoms with E-state index in [0.29, 0.717) is 5.56 Å². The van der Waals surface area contributed by atoms with Crippen molar-refractivity contribution in [3.05, 3.63) is 48.2 Å². The van der Waals surface area contributed by atoms with Gasteiger partial charge >= 0.3 is 0 Å². The number of carbonyl (C=O) groups is 1. The number of likely N-dealkylation sites (N-methyl/N-ethyl adjacent to an activating group) is 1. The number of benzene rings is 1. The van der Waals surface area contributed by atoms with Crippen LogP contribution in [0, 0.1) is 0 Å². The van der Waals surface area contributed by atoms with Gasteiger partial charge in [0.1, 0.15) is 5.82 Å². The number of rotatable bonds is 4. The number of carbonyl (C=O) groups excluding carboxylic acids is 1. The van der Waals surface area contributed by atoms with Crippen molar-refractivity contribution in [2.45, 2.75) is 25.7 Å². The van der Waals surface area contributed by atoms with E-state index in [-0.39, 0.29) is 5.91 Å². The third-order valence-electron chi connectivity index (χ3n) is 5.91. The predicted octanol–water partition coefficient (Wildman–Crippen LogP) is 3.59. The van der Waals surface area contributed by atoms with Gasteiger partial charge < -0.3 is 20.0 Å². The maximum absolute atomic E-state index is 12.7. The van der Waals surface area contributed by atoms with Crippen molar-refractivity contribution in [3.63, 3.8) is 0 Å². The van der Waals surface area contributed by atoms with E-state index in [1.54, 1.807) is 6.20 Å². The van der Waals surface area contributed by atoms with Crippen LogP contribution in [0.1, 0.15) is 36.0 Å². The molecule has 2 aliphatic rings. The summed E-state index contributed by atoms with van der Waals surface area (Å²) in [6, 6.07) is 12.3. The van der Waals surface area contributed by atoms with E-state index in [0.717, 1.165) is 63.6 Å². The van der Waals surface area contributed by atoms with E-state index in [1.807, 2.05) is 17.0 Å². The minimum absolute atomic E-state index is 0.0995. The Morgan fingerprint density at radius 2 is 1.55 bits per heavy atom. The SMILES string of the molecule is CN1CCN(c2ccc(Nc3ccc(C(=O)N4CCCCCC4)cn3)cc2)CC1. The molecule has 3 heterocycles. The van der Waals surface area contributed by atoms with Crippen molar-refractivity contribution in [3.8, 4) is 0 Å². The lowest BCUT2D eigenvalue weighted by Gasteiger charge is -2.34. The molecule has 154 valence electrons. The first-order chi connectivity index (χ1) is 14.2. The predicted molar refractivity (Wildman–Crippen MR) is 118 cm³/mol. The zero-order valence-electron chi connectivity index (χ0n) is 17.3. The van der Waals surface area contributed by atoms with Crippen LogP contribution in [0.2, 0.25) is 0 Å². The summed E-state index contributed by atoms with van der Waals surface area (Å²) < 4.78 is 0. The number of amides is 1. The van der Waals surface area contributed by atoms with Gasteiger partial charge in [-0.2, -0.15) is 0 Å². The molecule has 0 spiro atoms. The largest absolute Gasteiger partial charge is 0.369 e. The lowest BCUT2D eigenvalue weighted by molar-refractivity contribution is 0.0761. The summed E-state index contributed by atoms with van der Waals surface area (Å²) in [5, 5.41) is 3.33. The highest BCUT2D eigenvalue weighted by molar-refractivity contribution is 5.94. The summed E-state index contributed by atoms with van der Waals surface area (Å²) in [7, 11) is 2.17. The van der Waals surface area contributed by atoms with E-state index in [2.05, 4.69) is 51.4 Å². The molecule has 1 aromatic heterocycles. The minimum Gasteiger partial charge on any atom is -0.369 e. The van der Waals surface area contributed by atoms with Crippen molar-refractivity contribution >= 4 is 23.1 Å². The standard InChI is InChI=1S/C23H31N5O/c1-26-14-16-27(17-15-26)21-9-7-20(8-10-21)25-22-11-6-19(18-24-22)23(29)28-12-4-2-3-5-13-28/h6-11,18H,2-5,12-17H2,1H3,(H,24,25). The summed E-state index contributed by atoms with van der Waals surface area (Å²) in [6.45, 7) is 6.06. The quantitative estimate of drug-likeness (QED) is 0.860. The molecule has 6 heteroatoms. The number of hydrogen-bond donors (Lipinski definition) is 1. The van der Waals surface area contributed by atoms with Crippen molar-refractivity contribution < 1.29 is 4.79 Å². The van der Waals surface area contributed by atoms with Crippen LogP contribution in [0.3, 0.4) is 0 Å². The van der Waals surface area contributed by atoms with Gasteiger partial charge in [0.2, 0.25) is 0 Å². The smallest absolute Gasteiger partial charge is 0.255 e. The first-order valence-electron chi connectivity index (χ1n) is 10.7. The Labute approximate surface area is 173 Å². The fourth-order valence-corrected chi connectivity index (χ4v) is 4.02. The molecule has 0 bridgehead atoms. The Hall–Kier alpha value is -2.60. The fourth-order valence-electron chi connectivity index (χ4n) is 4.02. The highest BCUT2D eigenvalue weighted by Gasteiger charge is 2.17. The van der Waals surface area contributed by atoms with Gasteiger partial charge in [-0.05, 0) is 56.3 Å². The third kappa shape index (κ3) is 5.07. The van der Waals surface area contributed by atoms with Crippen molar-refractivity contribution in [2.75, 3.05) is 56.5 Å². The highest BCUT2D eigenvalue weighted by Crippen LogP contribution is 2.22. The van der Waals surface area contributed by atoms with Gasteiger partial charge in [0.25, 0.3) is 5.91 Å². The molecule has 6 nitrogen and oxygen atoms in total. The number of likely N-dealkylation sites (tertiary alicyclic amines) is 1. The van der Waals surface area contributed by atoms with Crippen LogP contribution in [0.5, 0.6) is 0 Å². The number of aromatic nitrogens is 1. The van der Waals surface area contributed by atoms with Crippen LogP contribution >= 0.6 is 0 Å². The molecule has 0 unspecified atom stereocenters. The molecular weight excluding hydrogens is 362 g/mol.